The number of halogens is 1. The Morgan fingerprint density at radius 1 is 1.62 bits per heavy atom. The molecule has 2 N–H and O–H groups in total. The van der Waals surface area contributed by atoms with Crippen molar-refractivity contribution in [2.24, 2.45) is 5.73 Å². The standard InChI is InChI=1S/C10H12BrNS/c1-2-3-9(12)5-4-8-6-13-7-10(8)11/h6-7,9H,2-3,12H2,1H3. The maximum absolute atomic E-state index is 5.77. The molecule has 1 aromatic heterocycles. The van der Waals surface area contributed by atoms with Gasteiger partial charge < -0.3 is 5.73 Å². The van der Waals surface area contributed by atoms with Crippen molar-refractivity contribution >= 4 is 27.3 Å². The molecule has 1 heterocycles. The third-order valence-corrected chi connectivity index (χ3v) is 3.31. The quantitative estimate of drug-likeness (QED) is 0.811. The van der Waals surface area contributed by atoms with Crippen LogP contribution in [0.15, 0.2) is 15.2 Å². The van der Waals surface area contributed by atoms with Gasteiger partial charge in [0.1, 0.15) is 0 Å². The summed E-state index contributed by atoms with van der Waals surface area (Å²) < 4.78 is 1.06. The number of rotatable bonds is 2. The lowest BCUT2D eigenvalue weighted by molar-refractivity contribution is 0.720. The summed E-state index contributed by atoms with van der Waals surface area (Å²) in [5.41, 5.74) is 6.80. The lowest BCUT2D eigenvalue weighted by Gasteiger charge is -1.98. The highest BCUT2D eigenvalue weighted by Crippen LogP contribution is 2.19. The van der Waals surface area contributed by atoms with Crippen LogP contribution in [0.4, 0.5) is 0 Å². The molecular formula is C10H12BrNS. The summed E-state index contributed by atoms with van der Waals surface area (Å²) in [6.45, 7) is 2.11. The normalized spacial score (nSPS) is 11.9. The molecule has 13 heavy (non-hydrogen) atoms. The smallest absolute Gasteiger partial charge is 0.0668 e. The molecule has 0 aliphatic carbocycles. The first-order chi connectivity index (χ1) is 6.24. The van der Waals surface area contributed by atoms with E-state index in [4.69, 9.17) is 5.73 Å². The van der Waals surface area contributed by atoms with Crippen LogP contribution >= 0.6 is 27.3 Å². The molecule has 0 fully saturated rings. The van der Waals surface area contributed by atoms with Crippen molar-refractivity contribution < 1.29 is 0 Å². The fourth-order valence-electron chi connectivity index (χ4n) is 0.924. The van der Waals surface area contributed by atoms with Gasteiger partial charge >= 0.3 is 0 Å². The number of hydrogen-bond acceptors (Lipinski definition) is 2. The van der Waals surface area contributed by atoms with Crippen LogP contribution in [-0.2, 0) is 0 Å². The second kappa shape index (κ2) is 5.43. The summed E-state index contributed by atoms with van der Waals surface area (Å²) in [7, 11) is 0. The molecule has 0 aliphatic rings. The Balaban J connectivity index is 2.62. The van der Waals surface area contributed by atoms with Gasteiger partial charge in [-0.25, -0.2) is 0 Å². The van der Waals surface area contributed by atoms with Crippen molar-refractivity contribution in [3.63, 3.8) is 0 Å². The molecule has 3 heteroatoms. The Kier molecular flexibility index (Phi) is 4.51. The predicted octanol–water partition coefficient (Wildman–Crippen LogP) is 2.99. The zero-order chi connectivity index (χ0) is 9.68. The minimum atomic E-state index is 0.0109. The Morgan fingerprint density at radius 2 is 2.38 bits per heavy atom. The zero-order valence-electron chi connectivity index (χ0n) is 7.51. The fourth-order valence-corrected chi connectivity index (χ4v) is 2.25. The van der Waals surface area contributed by atoms with Gasteiger partial charge in [-0.2, -0.15) is 0 Å². The van der Waals surface area contributed by atoms with Gasteiger partial charge in [-0.05, 0) is 22.4 Å². The lowest BCUT2D eigenvalue weighted by Crippen LogP contribution is -2.16. The molecule has 0 radical (unpaired) electrons. The Morgan fingerprint density at radius 3 is 2.92 bits per heavy atom. The second-order valence-corrected chi connectivity index (χ2v) is 4.40. The third kappa shape index (κ3) is 3.51. The highest BCUT2D eigenvalue weighted by atomic mass is 79.9. The first-order valence-corrected chi connectivity index (χ1v) is 5.96. The summed E-state index contributed by atoms with van der Waals surface area (Å²) in [5.74, 6) is 6.10. The summed E-state index contributed by atoms with van der Waals surface area (Å²) in [4.78, 5) is 0. The minimum Gasteiger partial charge on any atom is -0.318 e. The molecule has 0 aliphatic heterocycles. The Hall–Kier alpha value is -0.300. The Labute approximate surface area is 91.5 Å². The van der Waals surface area contributed by atoms with Crippen LogP contribution in [0.1, 0.15) is 25.3 Å². The van der Waals surface area contributed by atoms with Crippen LogP contribution in [0.2, 0.25) is 0 Å². The topological polar surface area (TPSA) is 26.0 Å². The van der Waals surface area contributed by atoms with E-state index in [1.165, 1.54) is 0 Å². The van der Waals surface area contributed by atoms with E-state index in [1.807, 2.05) is 10.8 Å². The van der Waals surface area contributed by atoms with E-state index in [9.17, 15) is 0 Å². The van der Waals surface area contributed by atoms with Crippen molar-refractivity contribution in [1.82, 2.24) is 0 Å². The molecule has 1 aromatic rings. The highest BCUT2D eigenvalue weighted by molar-refractivity contribution is 9.10. The zero-order valence-corrected chi connectivity index (χ0v) is 9.91. The van der Waals surface area contributed by atoms with Crippen LogP contribution in [0, 0.1) is 11.8 Å². The summed E-state index contributed by atoms with van der Waals surface area (Å²) in [6, 6.07) is 0.0109. The third-order valence-electron chi connectivity index (χ3n) is 1.61. The molecular weight excluding hydrogens is 246 g/mol. The maximum Gasteiger partial charge on any atom is 0.0668 e. The average molecular weight is 258 g/mol. The molecule has 0 saturated heterocycles. The molecule has 0 aromatic carbocycles. The average Bonchev–Trinajstić information content (AvgIpc) is 2.48. The summed E-state index contributed by atoms with van der Waals surface area (Å²) in [6.07, 6.45) is 2.05. The van der Waals surface area contributed by atoms with E-state index in [-0.39, 0.29) is 6.04 Å². The van der Waals surface area contributed by atoms with Gasteiger partial charge in [0.25, 0.3) is 0 Å². The molecule has 0 amide bonds. The van der Waals surface area contributed by atoms with E-state index in [0.717, 1.165) is 22.9 Å². The van der Waals surface area contributed by atoms with E-state index >= 15 is 0 Å². The van der Waals surface area contributed by atoms with Gasteiger partial charge in [-0.15, -0.1) is 11.3 Å². The SMILES string of the molecule is CCCC(N)C#Cc1cscc1Br. The monoisotopic (exact) mass is 257 g/mol. The molecule has 1 nitrogen and oxygen atoms in total. The van der Waals surface area contributed by atoms with Gasteiger partial charge in [0.15, 0.2) is 0 Å². The summed E-state index contributed by atoms with van der Waals surface area (Å²) in [5, 5.41) is 4.05. The first kappa shape index (κ1) is 10.8. The van der Waals surface area contributed by atoms with Gasteiger partial charge in [0, 0.05) is 20.8 Å². The van der Waals surface area contributed by atoms with Crippen molar-refractivity contribution in [3.8, 4) is 11.8 Å². The molecule has 1 unspecified atom stereocenters. The number of hydrogen-bond donors (Lipinski definition) is 1. The van der Waals surface area contributed by atoms with Crippen LogP contribution in [0.25, 0.3) is 0 Å². The lowest BCUT2D eigenvalue weighted by atomic mass is 10.2. The van der Waals surface area contributed by atoms with Crippen LogP contribution in [0.3, 0.4) is 0 Å². The van der Waals surface area contributed by atoms with Gasteiger partial charge in [0.05, 0.1) is 6.04 Å². The molecule has 70 valence electrons. The Bertz CT molecular complexity index is 321. The van der Waals surface area contributed by atoms with E-state index < -0.39 is 0 Å². The van der Waals surface area contributed by atoms with Crippen molar-refractivity contribution in [2.75, 3.05) is 0 Å². The molecule has 0 spiro atoms. The van der Waals surface area contributed by atoms with Gasteiger partial charge in [0.2, 0.25) is 0 Å². The van der Waals surface area contributed by atoms with Crippen molar-refractivity contribution in [3.05, 3.63) is 20.8 Å². The van der Waals surface area contributed by atoms with E-state index in [1.54, 1.807) is 11.3 Å². The van der Waals surface area contributed by atoms with Gasteiger partial charge in [-0.3, -0.25) is 0 Å². The fraction of sp³-hybridized carbons (Fsp3) is 0.400. The maximum atomic E-state index is 5.77. The van der Waals surface area contributed by atoms with E-state index in [0.29, 0.717) is 0 Å². The predicted molar refractivity (Wildman–Crippen MR) is 61.8 cm³/mol. The molecule has 0 saturated carbocycles. The second-order valence-electron chi connectivity index (χ2n) is 2.80. The molecule has 0 bridgehead atoms. The number of thiophene rings is 1. The molecule has 1 atom stereocenters. The van der Waals surface area contributed by atoms with Crippen LogP contribution < -0.4 is 5.73 Å². The first-order valence-electron chi connectivity index (χ1n) is 4.23. The van der Waals surface area contributed by atoms with Crippen molar-refractivity contribution in [2.45, 2.75) is 25.8 Å². The van der Waals surface area contributed by atoms with E-state index in [2.05, 4.69) is 34.7 Å². The summed E-state index contributed by atoms with van der Waals surface area (Å²) >= 11 is 5.06. The number of nitrogens with two attached hydrogens (primary N) is 1. The van der Waals surface area contributed by atoms with Crippen molar-refractivity contribution in [1.29, 1.82) is 0 Å². The van der Waals surface area contributed by atoms with Crippen LogP contribution in [-0.4, -0.2) is 6.04 Å². The van der Waals surface area contributed by atoms with Gasteiger partial charge in [-0.1, -0.05) is 25.2 Å². The highest BCUT2D eigenvalue weighted by Gasteiger charge is 1.97. The minimum absolute atomic E-state index is 0.0109. The molecule has 1 rings (SSSR count). The largest absolute Gasteiger partial charge is 0.318 e. The van der Waals surface area contributed by atoms with Crippen LogP contribution in [0.5, 0.6) is 0 Å².